The molecule has 2 heterocycles. The molecule has 0 saturated carbocycles. The third kappa shape index (κ3) is 4.02. The van der Waals surface area contributed by atoms with Gasteiger partial charge in [0, 0.05) is 33.3 Å². The summed E-state index contributed by atoms with van der Waals surface area (Å²) in [7, 11) is 0. The normalized spacial score (nSPS) is 13.3. The van der Waals surface area contributed by atoms with E-state index in [0.29, 0.717) is 0 Å². The summed E-state index contributed by atoms with van der Waals surface area (Å²) in [5.74, 6) is 1.76. The molecule has 0 N–H and O–H groups in total. The van der Waals surface area contributed by atoms with Crippen LogP contribution in [0.4, 0.5) is 17.1 Å². The Morgan fingerprint density at radius 2 is 1.00 bits per heavy atom. The zero-order chi connectivity index (χ0) is 34.2. The van der Waals surface area contributed by atoms with Crippen LogP contribution < -0.4 is 9.64 Å². The van der Waals surface area contributed by atoms with Gasteiger partial charge in [-0.2, -0.15) is 0 Å². The van der Waals surface area contributed by atoms with Crippen molar-refractivity contribution in [2.45, 2.75) is 5.41 Å². The van der Waals surface area contributed by atoms with Crippen LogP contribution in [0, 0.1) is 0 Å². The molecule has 1 spiro atoms. The monoisotopic (exact) mass is 665 g/mol. The summed E-state index contributed by atoms with van der Waals surface area (Å²) >= 11 is 0. The van der Waals surface area contributed by atoms with Gasteiger partial charge in [0.2, 0.25) is 0 Å². The third-order valence-electron chi connectivity index (χ3n) is 10.9. The van der Waals surface area contributed by atoms with Crippen LogP contribution >= 0.6 is 0 Å². The Balaban J connectivity index is 1.16. The molecule has 1 aliphatic carbocycles. The van der Waals surface area contributed by atoms with Gasteiger partial charge in [-0.3, -0.25) is 0 Å². The van der Waals surface area contributed by atoms with Crippen molar-refractivity contribution in [3.63, 3.8) is 0 Å². The van der Waals surface area contributed by atoms with E-state index in [1.54, 1.807) is 0 Å². The minimum atomic E-state index is -0.552. The van der Waals surface area contributed by atoms with E-state index in [1.165, 1.54) is 33.4 Å². The second kappa shape index (κ2) is 11.1. The molecule has 0 unspecified atom stereocenters. The lowest BCUT2D eigenvalue weighted by atomic mass is 9.66. The minimum Gasteiger partial charge on any atom is -0.457 e. The third-order valence-corrected chi connectivity index (χ3v) is 10.9. The maximum atomic E-state index is 7.06. The Morgan fingerprint density at radius 1 is 0.404 bits per heavy atom. The van der Waals surface area contributed by atoms with Gasteiger partial charge in [-0.1, -0.05) is 133 Å². The van der Waals surface area contributed by atoms with Crippen LogP contribution in [0.25, 0.3) is 44.2 Å². The molecule has 1 aliphatic heterocycles. The van der Waals surface area contributed by atoms with Crippen LogP contribution in [0.15, 0.2) is 192 Å². The second-order valence-corrected chi connectivity index (χ2v) is 13.6. The van der Waals surface area contributed by atoms with E-state index in [2.05, 4.69) is 193 Å². The van der Waals surface area contributed by atoms with Crippen molar-refractivity contribution in [2.75, 3.05) is 4.90 Å². The van der Waals surface area contributed by atoms with Crippen molar-refractivity contribution in [1.29, 1.82) is 0 Å². The number of rotatable bonds is 4. The van der Waals surface area contributed by atoms with Crippen LogP contribution in [-0.4, -0.2) is 0 Å². The first-order valence-corrected chi connectivity index (χ1v) is 17.8. The fourth-order valence-corrected chi connectivity index (χ4v) is 8.74. The maximum absolute atomic E-state index is 7.06. The predicted molar refractivity (Wildman–Crippen MR) is 211 cm³/mol. The smallest absolute Gasteiger partial charge is 0.159 e. The van der Waals surface area contributed by atoms with Crippen molar-refractivity contribution in [3.05, 3.63) is 210 Å². The van der Waals surface area contributed by atoms with Crippen molar-refractivity contribution in [3.8, 4) is 33.8 Å². The first-order valence-electron chi connectivity index (χ1n) is 17.8. The summed E-state index contributed by atoms with van der Waals surface area (Å²) < 4.78 is 13.6. The number of hydrogen-bond donors (Lipinski definition) is 0. The van der Waals surface area contributed by atoms with Gasteiger partial charge < -0.3 is 14.1 Å². The number of benzene rings is 8. The van der Waals surface area contributed by atoms with Crippen molar-refractivity contribution in [2.24, 2.45) is 0 Å². The topological polar surface area (TPSA) is 25.6 Å². The maximum Gasteiger partial charge on any atom is 0.159 e. The van der Waals surface area contributed by atoms with E-state index in [-0.39, 0.29) is 0 Å². The Hall–Kier alpha value is -6.84. The van der Waals surface area contributed by atoms with Gasteiger partial charge in [0.25, 0.3) is 0 Å². The van der Waals surface area contributed by atoms with E-state index in [0.717, 1.165) is 61.6 Å². The zero-order valence-electron chi connectivity index (χ0n) is 28.2. The highest BCUT2D eigenvalue weighted by atomic mass is 16.5. The average molecular weight is 666 g/mol. The number of hydrogen-bond acceptors (Lipinski definition) is 3. The number of anilines is 3. The molecule has 52 heavy (non-hydrogen) atoms. The van der Waals surface area contributed by atoms with Gasteiger partial charge in [-0.25, -0.2) is 0 Å². The van der Waals surface area contributed by atoms with E-state index in [4.69, 9.17) is 9.15 Å². The highest BCUT2D eigenvalue weighted by molar-refractivity contribution is 6.12. The van der Waals surface area contributed by atoms with Gasteiger partial charge in [0.1, 0.15) is 17.1 Å². The van der Waals surface area contributed by atoms with Gasteiger partial charge in [0.15, 0.2) is 5.58 Å². The molecule has 1 aromatic heterocycles. The molecule has 0 atom stereocenters. The number of fused-ring (bicyclic) bond motifs is 12. The Kier molecular flexibility index (Phi) is 6.17. The molecule has 0 fully saturated rings. The second-order valence-electron chi connectivity index (χ2n) is 13.6. The summed E-state index contributed by atoms with van der Waals surface area (Å²) in [5, 5.41) is 2.19. The molecule has 2 aliphatic rings. The molecule has 0 radical (unpaired) electrons. The Morgan fingerprint density at radius 3 is 1.73 bits per heavy atom. The Bertz CT molecular complexity index is 2770. The lowest BCUT2D eigenvalue weighted by Gasteiger charge is -2.39. The van der Waals surface area contributed by atoms with E-state index in [1.807, 2.05) is 0 Å². The van der Waals surface area contributed by atoms with Crippen molar-refractivity contribution >= 4 is 39.0 Å². The van der Waals surface area contributed by atoms with Crippen LogP contribution in [0.3, 0.4) is 0 Å². The molecule has 9 aromatic rings. The van der Waals surface area contributed by atoms with E-state index in [9.17, 15) is 0 Å². The predicted octanol–water partition coefficient (Wildman–Crippen LogP) is 13.2. The summed E-state index contributed by atoms with van der Waals surface area (Å²) in [4.78, 5) is 2.30. The number of furan rings is 1. The fourth-order valence-electron chi connectivity index (χ4n) is 8.74. The van der Waals surface area contributed by atoms with Gasteiger partial charge in [-0.05, 0) is 88.0 Å². The van der Waals surface area contributed by atoms with Gasteiger partial charge in [0.05, 0.1) is 11.1 Å². The molecule has 8 aromatic carbocycles. The molecule has 0 saturated heterocycles. The summed E-state index contributed by atoms with van der Waals surface area (Å²) in [5.41, 5.74) is 13.9. The van der Waals surface area contributed by atoms with E-state index < -0.39 is 5.41 Å². The summed E-state index contributed by atoms with van der Waals surface area (Å²) in [6.07, 6.45) is 0. The molecule has 0 bridgehead atoms. The Labute approximate surface area is 301 Å². The fraction of sp³-hybridized carbons (Fsp3) is 0.0204. The first kappa shape index (κ1) is 28.9. The molecule has 0 amide bonds. The quantitative estimate of drug-likeness (QED) is 0.187. The highest BCUT2D eigenvalue weighted by Crippen LogP contribution is 2.62. The van der Waals surface area contributed by atoms with E-state index >= 15 is 0 Å². The SMILES string of the molecule is c1ccc(-c2ccc(N(c3ccccc3)c3cccc4c3oc3cc5c(cc34)-c3ccccc3C53c4ccccc4Oc4ccccc43)cc2)cc1. The molecule has 11 rings (SSSR count). The first-order chi connectivity index (χ1) is 25.8. The lowest BCUT2D eigenvalue weighted by Crippen LogP contribution is -2.32. The molecule has 3 heteroatoms. The summed E-state index contributed by atoms with van der Waals surface area (Å²) in [6.45, 7) is 0. The van der Waals surface area contributed by atoms with Crippen molar-refractivity contribution in [1.82, 2.24) is 0 Å². The molecule has 3 nitrogen and oxygen atoms in total. The molecule has 244 valence electrons. The van der Waals surface area contributed by atoms with Crippen LogP contribution in [0.1, 0.15) is 22.3 Å². The average Bonchev–Trinajstić information content (AvgIpc) is 3.72. The largest absolute Gasteiger partial charge is 0.457 e. The minimum absolute atomic E-state index is 0.552. The molecular weight excluding hydrogens is 635 g/mol. The lowest BCUT2D eigenvalue weighted by molar-refractivity contribution is 0.436. The van der Waals surface area contributed by atoms with Crippen LogP contribution in [-0.2, 0) is 5.41 Å². The number of para-hydroxylation sites is 4. The summed E-state index contributed by atoms with van der Waals surface area (Å²) in [6, 6.07) is 66.8. The number of nitrogens with zero attached hydrogens (tertiary/aromatic N) is 1. The van der Waals surface area contributed by atoms with Crippen LogP contribution in [0.5, 0.6) is 11.5 Å². The van der Waals surface area contributed by atoms with Gasteiger partial charge >= 0.3 is 0 Å². The highest BCUT2D eigenvalue weighted by Gasteiger charge is 2.51. The van der Waals surface area contributed by atoms with Gasteiger partial charge in [-0.15, -0.1) is 0 Å². The number of ether oxygens (including phenoxy) is 1. The van der Waals surface area contributed by atoms with Crippen molar-refractivity contribution < 1.29 is 9.15 Å². The molecular formula is C49H31NO2. The standard InChI is InChI=1S/C49H31NO2/c1-3-14-32(15-4-1)33-26-28-35(29-27-33)50(34-16-5-2-6-17-34)44-23-13-19-37-39-30-38-36-18-7-8-20-40(36)49(43(38)31-47(39)52-48(37)44)41-21-9-11-24-45(41)51-46-25-12-10-22-42(46)49/h1-31H. The van der Waals surface area contributed by atoms with Crippen LogP contribution in [0.2, 0.25) is 0 Å². The zero-order valence-corrected chi connectivity index (χ0v) is 28.2.